The van der Waals surface area contributed by atoms with E-state index in [1.165, 1.54) is 19.3 Å². The van der Waals surface area contributed by atoms with E-state index in [9.17, 15) is 9.90 Å². The van der Waals surface area contributed by atoms with E-state index in [0.29, 0.717) is 18.3 Å². The standard InChI is InChI=1S/C18H31N3O3/c1-4-15-7-5-6-11-21(15)12-10-19-17(22)20-13-18(3,23)16-9-8-14(2)24-16/h8-9,15,23H,4-7,10-13H2,1-3H3,(H2,19,20,22). The fourth-order valence-electron chi connectivity index (χ4n) is 3.26. The van der Waals surface area contributed by atoms with Crippen LogP contribution in [-0.2, 0) is 5.60 Å². The van der Waals surface area contributed by atoms with Crippen molar-refractivity contribution in [3.8, 4) is 0 Å². The lowest BCUT2D eigenvalue weighted by atomic mass is 10.0. The topological polar surface area (TPSA) is 77.7 Å². The third kappa shape index (κ3) is 5.24. The molecule has 1 aromatic heterocycles. The molecule has 136 valence electrons. The van der Waals surface area contributed by atoms with E-state index in [4.69, 9.17) is 4.42 Å². The second-order valence-electron chi connectivity index (χ2n) is 6.89. The van der Waals surface area contributed by atoms with Crippen molar-refractivity contribution in [1.29, 1.82) is 0 Å². The minimum Gasteiger partial charge on any atom is -0.463 e. The van der Waals surface area contributed by atoms with E-state index in [2.05, 4.69) is 22.5 Å². The molecule has 0 bridgehead atoms. The number of nitrogens with zero attached hydrogens (tertiary/aromatic N) is 1. The summed E-state index contributed by atoms with van der Waals surface area (Å²) in [7, 11) is 0. The second kappa shape index (κ2) is 8.53. The minimum absolute atomic E-state index is 0.104. The van der Waals surface area contributed by atoms with Crippen LogP contribution < -0.4 is 10.6 Å². The van der Waals surface area contributed by atoms with Crippen molar-refractivity contribution in [3.63, 3.8) is 0 Å². The van der Waals surface area contributed by atoms with Crippen molar-refractivity contribution >= 4 is 6.03 Å². The summed E-state index contributed by atoms with van der Waals surface area (Å²) in [5.74, 6) is 1.20. The summed E-state index contributed by atoms with van der Waals surface area (Å²) in [6, 6.07) is 3.91. The highest BCUT2D eigenvalue weighted by atomic mass is 16.4. The van der Waals surface area contributed by atoms with Crippen molar-refractivity contribution in [2.45, 2.75) is 58.1 Å². The summed E-state index contributed by atoms with van der Waals surface area (Å²) < 4.78 is 5.44. The molecule has 2 heterocycles. The largest absolute Gasteiger partial charge is 0.463 e. The number of amides is 2. The van der Waals surface area contributed by atoms with Crippen LogP contribution in [-0.4, -0.2) is 48.3 Å². The number of rotatable bonds is 7. The number of hydrogen-bond donors (Lipinski definition) is 3. The SMILES string of the molecule is CCC1CCCCN1CCNC(=O)NCC(C)(O)c1ccc(C)o1. The number of carbonyl (C=O) groups is 1. The van der Waals surface area contributed by atoms with E-state index < -0.39 is 5.60 Å². The first kappa shape index (κ1) is 18.8. The molecular formula is C18H31N3O3. The Morgan fingerprint density at radius 2 is 2.21 bits per heavy atom. The fraction of sp³-hybridized carbons (Fsp3) is 0.722. The molecule has 0 radical (unpaired) electrons. The van der Waals surface area contributed by atoms with Crippen LogP contribution in [0.25, 0.3) is 0 Å². The van der Waals surface area contributed by atoms with Gasteiger partial charge in [0.1, 0.15) is 17.1 Å². The summed E-state index contributed by atoms with van der Waals surface area (Å²) in [4.78, 5) is 14.4. The Morgan fingerprint density at radius 3 is 2.88 bits per heavy atom. The van der Waals surface area contributed by atoms with Gasteiger partial charge >= 0.3 is 6.03 Å². The fourth-order valence-corrected chi connectivity index (χ4v) is 3.26. The number of urea groups is 1. The molecule has 2 unspecified atom stereocenters. The first-order valence-electron chi connectivity index (χ1n) is 8.97. The van der Waals surface area contributed by atoms with Gasteiger partial charge in [-0.05, 0) is 51.8 Å². The number of nitrogens with one attached hydrogen (secondary N) is 2. The monoisotopic (exact) mass is 337 g/mol. The molecule has 3 N–H and O–H groups in total. The molecule has 0 aromatic carbocycles. The van der Waals surface area contributed by atoms with Gasteiger partial charge in [0, 0.05) is 19.1 Å². The van der Waals surface area contributed by atoms with Crippen LogP contribution in [0.5, 0.6) is 0 Å². The van der Waals surface area contributed by atoms with Gasteiger partial charge in [0.2, 0.25) is 0 Å². The highest BCUT2D eigenvalue weighted by Crippen LogP contribution is 2.22. The predicted molar refractivity (Wildman–Crippen MR) is 93.9 cm³/mol. The average molecular weight is 337 g/mol. The lowest BCUT2D eigenvalue weighted by Crippen LogP contribution is -2.47. The molecule has 0 aliphatic carbocycles. The quantitative estimate of drug-likeness (QED) is 0.714. The van der Waals surface area contributed by atoms with Gasteiger partial charge in [0.25, 0.3) is 0 Å². The maximum atomic E-state index is 11.9. The molecule has 0 spiro atoms. The number of aryl methyl sites for hydroxylation is 1. The summed E-state index contributed by atoms with van der Waals surface area (Å²) in [6.45, 7) is 8.39. The van der Waals surface area contributed by atoms with Gasteiger partial charge in [-0.15, -0.1) is 0 Å². The van der Waals surface area contributed by atoms with E-state index in [-0.39, 0.29) is 12.6 Å². The molecule has 1 aliphatic heterocycles. The molecular weight excluding hydrogens is 306 g/mol. The maximum absolute atomic E-state index is 11.9. The molecule has 1 aromatic rings. The van der Waals surface area contributed by atoms with Crippen molar-refractivity contribution in [3.05, 3.63) is 23.7 Å². The van der Waals surface area contributed by atoms with Gasteiger partial charge < -0.3 is 20.2 Å². The molecule has 24 heavy (non-hydrogen) atoms. The molecule has 6 heteroatoms. The van der Waals surface area contributed by atoms with Gasteiger partial charge in [0.15, 0.2) is 0 Å². The maximum Gasteiger partial charge on any atom is 0.314 e. The Labute approximate surface area is 144 Å². The van der Waals surface area contributed by atoms with Crippen LogP contribution in [0.4, 0.5) is 4.79 Å². The second-order valence-corrected chi connectivity index (χ2v) is 6.89. The normalized spacial score (nSPS) is 21.2. The number of piperidine rings is 1. The number of likely N-dealkylation sites (tertiary alicyclic amines) is 1. The van der Waals surface area contributed by atoms with Crippen molar-refractivity contribution in [2.75, 3.05) is 26.2 Å². The molecule has 2 rings (SSSR count). The van der Waals surface area contributed by atoms with Crippen LogP contribution in [0.2, 0.25) is 0 Å². The molecule has 6 nitrogen and oxygen atoms in total. The van der Waals surface area contributed by atoms with E-state index >= 15 is 0 Å². The molecule has 2 amide bonds. The van der Waals surface area contributed by atoms with Crippen LogP contribution >= 0.6 is 0 Å². The first-order chi connectivity index (χ1) is 11.4. The van der Waals surface area contributed by atoms with Crippen molar-refractivity contribution in [2.24, 2.45) is 0 Å². The number of aliphatic hydroxyl groups is 1. The van der Waals surface area contributed by atoms with Gasteiger partial charge in [-0.3, -0.25) is 4.90 Å². The van der Waals surface area contributed by atoms with Crippen LogP contribution in [0.1, 0.15) is 51.1 Å². The van der Waals surface area contributed by atoms with Gasteiger partial charge in [-0.25, -0.2) is 4.79 Å². The lowest BCUT2D eigenvalue weighted by molar-refractivity contribution is 0.0359. The van der Waals surface area contributed by atoms with E-state index in [0.717, 1.165) is 25.3 Å². The number of hydrogen-bond acceptors (Lipinski definition) is 4. The summed E-state index contributed by atoms with van der Waals surface area (Å²) in [6.07, 6.45) is 4.98. The molecule has 2 atom stereocenters. The Balaban J connectivity index is 1.69. The Kier molecular flexibility index (Phi) is 6.69. The minimum atomic E-state index is -1.22. The molecule has 1 saturated heterocycles. The summed E-state index contributed by atoms with van der Waals surface area (Å²) >= 11 is 0. The highest BCUT2D eigenvalue weighted by molar-refractivity contribution is 5.73. The van der Waals surface area contributed by atoms with E-state index in [1.54, 1.807) is 19.1 Å². The van der Waals surface area contributed by atoms with Crippen LogP contribution in [0.15, 0.2) is 16.5 Å². The molecule has 0 saturated carbocycles. The predicted octanol–water partition coefficient (Wildman–Crippen LogP) is 2.36. The zero-order valence-electron chi connectivity index (χ0n) is 15.1. The zero-order valence-corrected chi connectivity index (χ0v) is 15.1. The molecule has 1 aliphatic rings. The third-order valence-electron chi connectivity index (χ3n) is 4.77. The Bertz CT molecular complexity index is 527. The van der Waals surface area contributed by atoms with Gasteiger partial charge in [0.05, 0.1) is 6.54 Å². The van der Waals surface area contributed by atoms with Crippen LogP contribution in [0, 0.1) is 6.92 Å². The smallest absolute Gasteiger partial charge is 0.314 e. The number of furan rings is 1. The number of carbonyl (C=O) groups excluding carboxylic acids is 1. The summed E-state index contributed by atoms with van der Waals surface area (Å²) in [5.41, 5.74) is -1.22. The summed E-state index contributed by atoms with van der Waals surface area (Å²) in [5, 5.41) is 16.0. The van der Waals surface area contributed by atoms with Crippen LogP contribution in [0.3, 0.4) is 0 Å². The Morgan fingerprint density at radius 1 is 1.42 bits per heavy atom. The lowest BCUT2D eigenvalue weighted by Gasteiger charge is -2.35. The average Bonchev–Trinajstić information content (AvgIpc) is 3.01. The zero-order chi connectivity index (χ0) is 17.6. The van der Waals surface area contributed by atoms with Crippen molar-refractivity contribution < 1.29 is 14.3 Å². The van der Waals surface area contributed by atoms with E-state index in [1.807, 2.05) is 6.92 Å². The van der Waals surface area contributed by atoms with Gasteiger partial charge in [-0.1, -0.05) is 13.3 Å². The first-order valence-corrected chi connectivity index (χ1v) is 8.97. The Hall–Kier alpha value is -1.53. The third-order valence-corrected chi connectivity index (χ3v) is 4.77. The molecule has 1 fully saturated rings. The van der Waals surface area contributed by atoms with Gasteiger partial charge in [-0.2, -0.15) is 0 Å². The van der Waals surface area contributed by atoms with Crippen molar-refractivity contribution in [1.82, 2.24) is 15.5 Å². The highest BCUT2D eigenvalue weighted by Gasteiger charge is 2.27.